The third-order valence-electron chi connectivity index (χ3n) is 4.94. The average Bonchev–Trinajstić information content (AvgIpc) is 3.05. The van der Waals surface area contributed by atoms with Crippen molar-refractivity contribution in [3.05, 3.63) is 18.0 Å². The fourth-order valence-corrected chi connectivity index (χ4v) is 3.00. The minimum absolute atomic E-state index is 0.275. The van der Waals surface area contributed by atoms with Gasteiger partial charge in [0, 0.05) is 64.1 Å². The van der Waals surface area contributed by atoms with Gasteiger partial charge in [0.05, 0.1) is 12.7 Å². The second-order valence-corrected chi connectivity index (χ2v) is 7.44. The fraction of sp³-hybridized carbons (Fsp3) is 0.778. The monoisotopic (exact) mass is 365 g/mol. The number of hydrogen-bond acceptors (Lipinski definition) is 5. The minimum Gasteiger partial charge on any atom is -0.383 e. The van der Waals surface area contributed by atoms with Gasteiger partial charge in [-0.1, -0.05) is 0 Å². The number of likely N-dealkylation sites (N-methyl/N-ethyl adjacent to an activating group) is 1. The van der Waals surface area contributed by atoms with Crippen molar-refractivity contribution in [3.8, 4) is 0 Å². The number of aryl methyl sites for hydroxylation is 1. The number of nitrogens with zero attached hydrogens (tertiary/aromatic N) is 5. The summed E-state index contributed by atoms with van der Waals surface area (Å²) in [6.45, 7) is 12.4. The summed E-state index contributed by atoms with van der Waals surface area (Å²) >= 11 is 0. The standard InChI is InChI=1S/C18H35N7O/c1-6-19-17(20-11-15(2)25-9-7-23(4)8-10-25)21-14-18(3,26)16-12-22-24(5)13-16/h12-13,15,26H,6-11,14H2,1-5H3,(H2,19,20,21). The molecule has 2 rings (SSSR count). The zero-order chi connectivity index (χ0) is 19.2. The predicted molar refractivity (Wildman–Crippen MR) is 105 cm³/mol. The Morgan fingerprint density at radius 1 is 1.31 bits per heavy atom. The first-order valence-electron chi connectivity index (χ1n) is 9.48. The van der Waals surface area contributed by atoms with E-state index in [-0.39, 0.29) is 6.54 Å². The van der Waals surface area contributed by atoms with Gasteiger partial charge < -0.3 is 20.6 Å². The Hall–Kier alpha value is -1.64. The zero-order valence-electron chi connectivity index (χ0n) is 16.9. The SMILES string of the molecule is CCNC(=NCC(C)(O)c1cnn(C)c1)NCC(C)N1CCN(C)CC1. The largest absolute Gasteiger partial charge is 0.383 e. The number of guanidine groups is 1. The number of piperazine rings is 1. The Bertz CT molecular complexity index is 576. The summed E-state index contributed by atoms with van der Waals surface area (Å²) in [4.78, 5) is 9.45. The van der Waals surface area contributed by atoms with Crippen LogP contribution in [0, 0.1) is 0 Å². The van der Waals surface area contributed by atoms with Crippen molar-refractivity contribution in [1.29, 1.82) is 0 Å². The molecule has 0 aliphatic carbocycles. The Labute approximate surface area is 157 Å². The predicted octanol–water partition coefficient (Wildman–Crippen LogP) is -0.181. The molecular formula is C18H35N7O. The molecule has 1 aromatic heterocycles. The molecule has 1 aromatic rings. The molecule has 1 saturated heterocycles. The highest BCUT2D eigenvalue weighted by molar-refractivity contribution is 5.79. The summed E-state index contributed by atoms with van der Waals surface area (Å²) in [5.41, 5.74) is -0.273. The number of aromatic nitrogens is 2. The van der Waals surface area contributed by atoms with Gasteiger partial charge in [-0.3, -0.25) is 9.58 Å². The third kappa shape index (κ3) is 5.96. The van der Waals surface area contributed by atoms with E-state index >= 15 is 0 Å². The van der Waals surface area contributed by atoms with Gasteiger partial charge in [0.25, 0.3) is 0 Å². The number of aliphatic imine (C=N–C) groups is 1. The van der Waals surface area contributed by atoms with Crippen molar-refractivity contribution in [2.75, 3.05) is 52.9 Å². The summed E-state index contributed by atoms with van der Waals surface area (Å²) in [7, 11) is 4.01. The molecular weight excluding hydrogens is 330 g/mol. The molecule has 0 saturated carbocycles. The Morgan fingerprint density at radius 2 is 2.00 bits per heavy atom. The maximum Gasteiger partial charge on any atom is 0.191 e. The van der Waals surface area contributed by atoms with E-state index in [0.717, 1.165) is 50.8 Å². The minimum atomic E-state index is -1.04. The van der Waals surface area contributed by atoms with Gasteiger partial charge in [0.15, 0.2) is 5.96 Å². The quantitative estimate of drug-likeness (QED) is 0.459. The average molecular weight is 366 g/mol. The van der Waals surface area contributed by atoms with E-state index in [1.807, 2.05) is 20.2 Å². The van der Waals surface area contributed by atoms with E-state index in [1.165, 1.54) is 0 Å². The van der Waals surface area contributed by atoms with Gasteiger partial charge in [0.1, 0.15) is 5.60 Å². The van der Waals surface area contributed by atoms with Crippen LogP contribution in [0.2, 0.25) is 0 Å². The summed E-state index contributed by atoms with van der Waals surface area (Å²) in [6, 6.07) is 0.436. The van der Waals surface area contributed by atoms with Crippen LogP contribution in [-0.4, -0.2) is 89.5 Å². The molecule has 8 heteroatoms. The molecule has 8 nitrogen and oxygen atoms in total. The topological polar surface area (TPSA) is 80.9 Å². The van der Waals surface area contributed by atoms with Crippen LogP contribution in [0.1, 0.15) is 26.3 Å². The van der Waals surface area contributed by atoms with Crippen LogP contribution in [0.4, 0.5) is 0 Å². The molecule has 148 valence electrons. The lowest BCUT2D eigenvalue weighted by atomic mass is 10.0. The summed E-state index contributed by atoms with van der Waals surface area (Å²) in [5, 5.41) is 21.5. The van der Waals surface area contributed by atoms with Gasteiger partial charge in [-0.2, -0.15) is 5.10 Å². The number of rotatable bonds is 7. The first-order valence-corrected chi connectivity index (χ1v) is 9.48. The van der Waals surface area contributed by atoms with E-state index in [0.29, 0.717) is 6.04 Å². The molecule has 0 bridgehead atoms. The second kappa shape index (κ2) is 9.34. The Balaban J connectivity index is 1.89. The van der Waals surface area contributed by atoms with Crippen LogP contribution in [0.15, 0.2) is 17.4 Å². The van der Waals surface area contributed by atoms with Crippen molar-refractivity contribution in [3.63, 3.8) is 0 Å². The smallest absolute Gasteiger partial charge is 0.191 e. The summed E-state index contributed by atoms with van der Waals surface area (Å²) in [5.74, 6) is 0.734. The van der Waals surface area contributed by atoms with Crippen molar-refractivity contribution < 1.29 is 5.11 Å². The van der Waals surface area contributed by atoms with Crippen LogP contribution < -0.4 is 10.6 Å². The molecule has 0 amide bonds. The highest BCUT2D eigenvalue weighted by Gasteiger charge is 2.25. The van der Waals surface area contributed by atoms with E-state index in [2.05, 4.69) is 44.5 Å². The molecule has 1 aliphatic rings. The van der Waals surface area contributed by atoms with E-state index in [1.54, 1.807) is 17.8 Å². The lowest BCUT2D eigenvalue weighted by molar-refractivity contribution is 0.0671. The van der Waals surface area contributed by atoms with Gasteiger partial charge >= 0.3 is 0 Å². The highest BCUT2D eigenvalue weighted by atomic mass is 16.3. The van der Waals surface area contributed by atoms with Gasteiger partial charge in [-0.25, -0.2) is 4.99 Å². The number of hydrogen-bond donors (Lipinski definition) is 3. The van der Waals surface area contributed by atoms with Gasteiger partial charge in [0.2, 0.25) is 0 Å². The molecule has 0 radical (unpaired) electrons. The Kier molecular flexibility index (Phi) is 7.43. The van der Waals surface area contributed by atoms with Crippen LogP contribution >= 0.6 is 0 Å². The molecule has 2 atom stereocenters. The molecule has 2 unspecified atom stereocenters. The van der Waals surface area contributed by atoms with Gasteiger partial charge in [-0.15, -0.1) is 0 Å². The van der Waals surface area contributed by atoms with Crippen molar-refractivity contribution in [1.82, 2.24) is 30.2 Å². The van der Waals surface area contributed by atoms with Crippen molar-refractivity contribution in [2.24, 2.45) is 12.0 Å². The van der Waals surface area contributed by atoms with Crippen LogP contribution in [0.5, 0.6) is 0 Å². The first-order chi connectivity index (χ1) is 12.3. The van der Waals surface area contributed by atoms with E-state index in [4.69, 9.17) is 0 Å². The molecule has 1 fully saturated rings. The lowest BCUT2D eigenvalue weighted by Crippen LogP contribution is -2.52. The molecule has 0 spiro atoms. The summed E-state index contributed by atoms with van der Waals surface area (Å²) in [6.07, 6.45) is 3.51. The third-order valence-corrected chi connectivity index (χ3v) is 4.94. The van der Waals surface area contributed by atoms with Gasteiger partial charge in [-0.05, 0) is 27.8 Å². The van der Waals surface area contributed by atoms with E-state index in [9.17, 15) is 5.11 Å². The zero-order valence-corrected chi connectivity index (χ0v) is 16.9. The fourth-order valence-electron chi connectivity index (χ4n) is 3.00. The number of nitrogens with one attached hydrogen (secondary N) is 2. The van der Waals surface area contributed by atoms with Crippen molar-refractivity contribution in [2.45, 2.75) is 32.4 Å². The number of aliphatic hydroxyl groups is 1. The van der Waals surface area contributed by atoms with Crippen LogP contribution in [-0.2, 0) is 12.6 Å². The van der Waals surface area contributed by atoms with Crippen molar-refractivity contribution >= 4 is 5.96 Å². The molecule has 3 N–H and O–H groups in total. The van der Waals surface area contributed by atoms with E-state index < -0.39 is 5.60 Å². The Morgan fingerprint density at radius 3 is 2.58 bits per heavy atom. The highest BCUT2D eigenvalue weighted by Crippen LogP contribution is 2.19. The summed E-state index contributed by atoms with van der Waals surface area (Å²) < 4.78 is 1.69. The lowest BCUT2D eigenvalue weighted by Gasteiger charge is -2.36. The first kappa shape index (κ1) is 20.7. The maximum atomic E-state index is 10.7. The molecule has 26 heavy (non-hydrogen) atoms. The van der Waals surface area contributed by atoms with Crippen LogP contribution in [0.3, 0.4) is 0 Å². The maximum absolute atomic E-state index is 10.7. The normalized spacial score (nSPS) is 20.6. The second-order valence-electron chi connectivity index (χ2n) is 7.44. The molecule has 0 aromatic carbocycles. The molecule has 1 aliphatic heterocycles. The van der Waals surface area contributed by atoms with Crippen LogP contribution in [0.25, 0.3) is 0 Å². The molecule has 2 heterocycles.